The van der Waals surface area contributed by atoms with Crippen molar-refractivity contribution in [2.75, 3.05) is 19.6 Å². The van der Waals surface area contributed by atoms with Crippen molar-refractivity contribution in [2.45, 2.75) is 46.6 Å². The van der Waals surface area contributed by atoms with Crippen LogP contribution >= 0.6 is 35.3 Å². The summed E-state index contributed by atoms with van der Waals surface area (Å²) in [5, 5.41) is 10.7. The predicted octanol–water partition coefficient (Wildman–Crippen LogP) is 3.90. The zero-order chi connectivity index (χ0) is 20.2. The number of guanidine groups is 1. The molecule has 2 aromatic rings. The highest BCUT2D eigenvalue weighted by Crippen LogP contribution is 2.11. The number of aromatic nitrogens is 1. The van der Waals surface area contributed by atoms with E-state index in [1.54, 1.807) is 11.3 Å². The van der Waals surface area contributed by atoms with Crippen LogP contribution in [-0.2, 0) is 13.0 Å². The first-order valence-corrected chi connectivity index (χ1v) is 10.7. The molecule has 1 heterocycles. The van der Waals surface area contributed by atoms with Crippen LogP contribution in [0.15, 0.2) is 35.5 Å². The molecular formula is C21H32IN5OS. The minimum Gasteiger partial charge on any atom is -0.357 e. The number of thiazole rings is 1. The molecule has 0 saturated heterocycles. The lowest BCUT2D eigenvalue weighted by Crippen LogP contribution is -2.38. The lowest BCUT2D eigenvalue weighted by Gasteiger charge is -2.11. The second-order valence-electron chi connectivity index (χ2n) is 6.54. The van der Waals surface area contributed by atoms with Crippen LogP contribution < -0.4 is 16.0 Å². The molecule has 0 atom stereocenters. The van der Waals surface area contributed by atoms with Crippen LogP contribution in [0, 0.1) is 6.92 Å². The van der Waals surface area contributed by atoms with E-state index in [0.717, 1.165) is 55.4 Å². The zero-order valence-corrected chi connectivity index (χ0v) is 20.6. The summed E-state index contributed by atoms with van der Waals surface area (Å²) >= 11 is 1.73. The second-order valence-corrected chi connectivity index (χ2v) is 7.86. The summed E-state index contributed by atoms with van der Waals surface area (Å²) in [6.45, 7) is 9.10. The number of hydrogen-bond acceptors (Lipinski definition) is 4. The van der Waals surface area contributed by atoms with Gasteiger partial charge in [0.25, 0.3) is 5.91 Å². The van der Waals surface area contributed by atoms with Crippen molar-refractivity contribution in [3.63, 3.8) is 0 Å². The van der Waals surface area contributed by atoms with Crippen molar-refractivity contribution < 1.29 is 4.79 Å². The zero-order valence-electron chi connectivity index (χ0n) is 17.5. The SMILES string of the molecule is CCCCNC(=O)c1ccc(CN=C(NCC)NCCc2ncc(C)s2)cc1.I. The molecule has 0 bridgehead atoms. The summed E-state index contributed by atoms with van der Waals surface area (Å²) in [4.78, 5) is 22.3. The van der Waals surface area contributed by atoms with Gasteiger partial charge in [0.2, 0.25) is 0 Å². The lowest BCUT2D eigenvalue weighted by molar-refractivity contribution is 0.0953. The summed E-state index contributed by atoms with van der Waals surface area (Å²) in [7, 11) is 0. The number of unbranched alkanes of at least 4 members (excludes halogenated alkanes) is 1. The summed E-state index contributed by atoms with van der Waals surface area (Å²) in [6.07, 6.45) is 4.86. The van der Waals surface area contributed by atoms with Gasteiger partial charge in [-0.05, 0) is 38.0 Å². The first kappa shape index (κ1) is 25.4. The molecule has 1 aromatic heterocycles. The van der Waals surface area contributed by atoms with E-state index >= 15 is 0 Å². The van der Waals surface area contributed by atoms with Gasteiger partial charge in [-0.3, -0.25) is 4.79 Å². The van der Waals surface area contributed by atoms with Crippen LogP contribution in [0.1, 0.15) is 52.5 Å². The number of amides is 1. The maximum absolute atomic E-state index is 12.1. The fourth-order valence-electron chi connectivity index (χ4n) is 2.56. The average Bonchev–Trinajstić information content (AvgIpc) is 3.11. The Bertz CT molecular complexity index is 761. The van der Waals surface area contributed by atoms with Crippen LogP contribution in [0.25, 0.3) is 0 Å². The molecule has 29 heavy (non-hydrogen) atoms. The van der Waals surface area contributed by atoms with E-state index in [0.29, 0.717) is 12.1 Å². The number of nitrogens with one attached hydrogen (secondary N) is 3. The Labute approximate surface area is 195 Å². The monoisotopic (exact) mass is 529 g/mol. The van der Waals surface area contributed by atoms with E-state index in [1.807, 2.05) is 37.4 Å². The molecule has 0 aliphatic rings. The van der Waals surface area contributed by atoms with E-state index in [-0.39, 0.29) is 29.9 Å². The minimum atomic E-state index is -0.0177. The molecule has 2 rings (SSSR count). The normalized spacial score (nSPS) is 10.9. The fraction of sp³-hybridized carbons (Fsp3) is 0.476. The molecule has 0 aliphatic carbocycles. The van der Waals surface area contributed by atoms with Crippen molar-refractivity contribution in [1.29, 1.82) is 0 Å². The quantitative estimate of drug-likeness (QED) is 0.189. The van der Waals surface area contributed by atoms with E-state index in [4.69, 9.17) is 0 Å². The topological polar surface area (TPSA) is 78.4 Å². The number of carbonyl (C=O) groups excluding carboxylic acids is 1. The lowest BCUT2D eigenvalue weighted by atomic mass is 10.1. The molecular weight excluding hydrogens is 497 g/mol. The third-order valence-electron chi connectivity index (χ3n) is 4.10. The van der Waals surface area contributed by atoms with Gasteiger partial charge in [-0.15, -0.1) is 35.3 Å². The molecule has 8 heteroatoms. The maximum atomic E-state index is 12.1. The maximum Gasteiger partial charge on any atom is 0.251 e. The minimum absolute atomic E-state index is 0. The summed E-state index contributed by atoms with van der Waals surface area (Å²) < 4.78 is 0. The van der Waals surface area contributed by atoms with Crippen LogP contribution in [0.5, 0.6) is 0 Å². The Kier molecular flexibility index (Phi) is 12.5. The van der Waals surface area contributed by atoms with E-state index < -0.39 is 0 Å². The Morgan fingerprint density at radius 3 is 2.48 bits per heavy atom. The third-order valence-corrected chi connectivity index (χ3v) is 5.07. The van der Waals surface area contributed by atoms with Gasteiger partial charge in [0.05, 0.1) is 11.6 Å². The summed E-state index contributed by atoms with van der Waals surface area (Å²) in [5.74, 6) is 0.771. The highest BCUT2D eigenvalue weighted by atomic mass is 127. The summed E-state index contributed by atoms with van der Waals surface area (Å²) in [5.41, 5.74) is 1.76. The van der Waals surface area contributed by atoms with E-state index in [9.17, 15) is 4.79 Å². The molecule has 1 aromatic carbocycles. The molecule has 0 saturated carbocycles. The van der Waals surface area contributed by atoms with Gasteiger partial charge in [-0.25, -0.2) is 9.98 Å². The smallest absolute Gasteiger partial charge is 0.251 e. The van der Waals surface area contributed by atoms with Crippen LogP contribution in [-0.4, -0.2) is 36.5 Å². The molecule has 3 N–H and O–H groups in total. The number of aryl methyl sites for hydroxylation is 1. The number of nitrogens with zero attached hydrogens (tertiary/aromatic N) is 2. The Morgan fingerprint density at radius 2 is 1.86 bits per heavy atom. The Hall–Kier alpha value is -1.68. The van der Waals surface area contributed by atoms with E-state index in [2.05, 4.69) is 39.8 Å². The summed E-state index contributed by atoms with van der Waals surface area (Å²) in [6, 6.07) is 7.63. The van der Waals surface area contributed by atoms with Crippen molar-refractivity contribution >= 4 is 47.2 Å². The highest BCUT2D eigenvalue weighted by molar-refractivity contribution is 14.0. The van der Waals surface area contributed by atoms with Crippen LogP contribution in [0.4, 0.5) is 0 Å². The van der Waals surface area contributed by atoms with Crippen molar-refractivity contribution in [2.24, 2.45) is 4.99 Å². The largest absolute Gasteiger partial charge is 0.357 e. The number of halogens is 1. The van der Waals surface area contributed by atoms with Gasteiger partial charge in [-0.2, -0.15) is 0 Å². The molecule has 0 aliphatic heterocycles. The predicted molar refractivity (Wildman–Crippen MR) is 132 cm³/mol. The van der Waals surface area contributed by atoms with Gasteiger partial charge in [0.1, 0.15) is 0 Å². The van der Waals surface area contributed by atoms with Crippen molar-refractivity contribution in [1.82, 2.24) is 20.9 Å². The Balaban J connectivity index is 0.00000420. The highest BCUT2D eigenvalue weighted by Gasteiger charge is 2.05. The van der Waals surface area contributed by atoms with Gasteiger partial charge in [0, 0.05) is 42.7 Å². The molecule has 0 unspecified atom stereocenters. The molecule has 6 nitrogen and oxygen atoms in total. The number of rotatable bonds is 10. The third kappa shape index (κ3) is 9.58. The fourth-order valence-corrected chi connectivity index (χ4v) is 3.35. The van der Waals surface area contributed by atoms with Crippen molar-refractivity contribution in [3.8, 4) is 0 Å². The molecule has 1 amide bonds. The molecule has 160 valence electrons. The Morgan fingerprint density at radius 1 is 1.10 bits per heavy atom. The number of benzene rings is 1. The van der Waals surface area contributed by atoms with Gasteiger partial charge in [0.15, 0.2) is 5.96 Å². The second kappa shape index (κ2) is 14.3. The number of carbonyl (C=O) groups is 1. The van der Waals surface area contributed by atoms with Crippen LogP contribution in [0.2, 0.25) is 0 Å². The van der Waals surface area contributed by atoms with Crippen molar-refractivity contribution in [3.05, 3.63) is 51.5 Å². The van der Waals surface area contributed by atoms with Gasteiger partial charge < -0.3 is 16.0 Å². The number of hydrogen-bond donors (Lipinski definition) is 3. The standard InChI is InChI=1S/C21H31N5OS.HI/c1-4-6-12-23-20(27)18-9-7-17(8-10-18)15-26-21(22-5-2)24-13-11-19-25-14-16(3)28-19;/h7-10,14H,4-6,11-13,15H2,1-3H3,(H,23,27)(H2,22,24,26);1H. The first-order valence-electron chi connectivity index (χ1n) is 9.93. The number of aliphatic imine (C=N–C) groups is 1. The van der Waals surface area contributed by atoms with Gasteiger partial charge in [-0.1, -0.05) is 25.5 Å². The molecule has 0 fully saturated rings. The van der Waals surface area contributed by atoms with Gasteiger partial charge >= 0.3 is 0 Å². The van der Waals surface area contributed by atoms with Crippen LogP contribution in [0.3, 0.4) is 0 Å². The molecule has 0 radical (unpaired) electrons. The molecule has 0 spiro atoms. The van der Waals surface area contributed by atoms with E-state index in [1.165, 1.54) is 4.88 Å². The first-order chi connectivity index (χ1) is 13.6. The average molecular weight is 529 g/mol.